The van der Waals surface area contributed by atoms with Gasteiger partial charge in [0.25, 0.3) is 0 Å². The first-order valence-electron chi connectivity index (χ1n) is 11.4. The van der Waals surface area contributed by atoms with E-state index in [2.05, 4.69) is 0 Å². The highest BCUT2D eigenvalue weighted by atomic mass is 16.8. The Morgan fingerprint density at radius 2 is 1.89 bits per heavy atom. The molecule has 3 aliphatic heterocycles. The Hall–Kier alpha value is -2.49. The van der Waals surface area contributed by atoms with Crippen LogP contribution in [0, 0.1) is 11.8 Å². The van der Waals surface area contributed by atoms with Gasteiger partial charge in [-0.15, -0.1) is 0 Å². The highest BCUT2D eigenvalue weighted by Gasteiger charge is 2.77. The van der Waals surface area contributed by atoms with Gasteiger partial charge in [0.15, 0.2) is 17.8 Å². The summed E-state index contributed by atoms with van der Waals surface area (Å²) >= 11 is 0. The van der Waals surface area contributed by atoms with Crippen LogP contribution in [0.25, 0.3) is 0 Å². The first kappa shape index (κ1) is 25.2. The van der Waals surface area contributed by atoms with Gasteiger partial charge in [-0.05, 0) is 24.3 Å². The smallest absolute Gasteiger partial charge is 0.338 e. The van der Waals surface area contributed by atoms with Crippen molar-refractivity contribution < 1.29 is 63.9 Å². The van der Waals surface area contributed by atoms with Gasteiger partial charge in [0.05, 0.1) is 38.1 Å². The van der Waals surface area contributed by atoms with Crippen LogP contribution in [0.1, 0.15) is 10.4 Å². The number of carbonyl (C=O) groups is 1. The number of fused-ring (bicyclic) bond motifs is 3. The molecule has 1 saturated carbocycles. The lowest BCUT2D eigenvalue weighted by Gasteiger charge is -2.43. The molecule has 0 aromatic heterocycles. The van der Waals surface area contributed by atoms with E-state index in [9.17, 15) is 35.4 Å². The van der Waals surface area contributed by atoms with Gasteiger partial charge in [-0.25, -0.2) is 4.79 Å². The largest absolute Gasteiger partial charge is 0.504 e. The van der Waals surface area contributed by atoms with Crippen LogP contribution in [0.5, 0.6) is 11.5 Å². The predicted octanol–water partition coefficient (Wildman–Crippen LogP) is -2.01. The molecule has 5 rings (SSSR count). The second kappa shape index (κ2) is 9.43. The van der Waals surface area contributed by atoms with Crippen LogP contribution in [0.4, 0.5) is 0 Å². The Bertz CT molecular complexity index is 1010. The molecule has 0 bridgehead atoms. The molecule has 1 unspecified atom stereocenters. The lowest BCUT2D eigenvalue weighted by Crippen LogP contribution is -2.60. The fourth-order valence-corrected chi connectivity index (χ4v) is 5.28. The SMILES string of the molecule is COc1cc(C(=O)O[C@H]2[C@@H]3C=CO[C@@H](OC4O[C@H](CO)[C@@H](O)[C@H](O)[C@H]4O)[C@@H]3[C@@]3(CO)O[C@@H]23)ccc1O. The van der Waals surface area contributed by atoms with Crippen LogP contribution in [0.3, 0.4) is 0 Å². The van der Waals surface area contributed by atoms with E-state index in [1.54, 1.807) is 6.08 Å². The molecule has 3 fully saturated rings. The number of aliphatic hydroxyl groups excluding tert-OH is 5. The average Bonchev–Trinajstić information content (AvgIpc) is 3.56. The molecule has 11 atom stereocenters. The fraction of sp³-hybridized carbons (Fsp3) is 0.609. The second-order valence-electron chi connectivity index (χ2n) is 9.18. The van der Waals surface area contributed by atoms with E-state index in [0.717, 1.165) is 0 Å². The molecule has 3 heterocycles. The topological polar surface area (TPSA) is 197 Å². The number of phenols is 1. The number of aliphatic hydroxyl groups is 5. The summed E-state index contributed by atoms with van der Waals surface area (Å²) in [5.74, 6) is -1.95. The standard InChI is InChI=1S/C23H28O13/c1-31-12-6-9(2-3-11(12)26)20(30)34-18-10-4-5-32-21(14(10)23(8-25)19(18)36-23)35-22-17(29)16(28)15(27)13(7-24)33-22/h2-6,10,13-19,21-22,24-29H,7-8H2,1H3/t10-,13-,14-,15-,16+,17-,18+,19+,21+,22?,23-/m1/s1. The third-order valence-electron chi connectivity index (χ3n) is 7.26. The molecular formula is C23H28O13. The maximum absolute atomic E-state index is 12.9. The highest BCUT2D eigenvalue weighted by molar-refractivity contribution is 5.90. The number of aromatic hydroxyl groups is 1. The number of methoxy groups -OCH3 is 1. The van der Waals surface area contributed by atoms with E-state index in [4.69, 9.17) is 28.4 Å². The first-order chi connectivity index (χ1) is 17.2. The second-order valence-corrected chi connectivity index (χ2v) is 9.18. The fourth-order valence-electron chi connectivity index (χ4n) is 5.28. The van der Waals surface area contributed by atoms with Crippen LogP contribution in [-0.2, 0) is 23.7 Å². The molecule has 13 nitrogen and oxygen atoms in total. The van der Waals surface area contributed by atoms with E-state index in [1.807, 2.05) is 0 Å². The Morgan fingerprint density at radius 3 is 2.58 bits per heavy atom. The summed E-state index contributed by atoms with van der Waals surface area (Å²) in [7, 11) is 1.35. The molecule has 1 aliphatic carbocycles. The van der Waals surface area contributed by atoms with Gasteiger partial charge in [-0.3, -0.25) is 0 Å². The van der Waals surface area contributed by atoms with Gasteiger partial charge in [-0.1, -0.05) is 0 Å². The Balaban J connectivity index is 1.35. The molecule has 2 saturated heterocycles. The van der Waals surface area contributed by atoms with Gasteiger partial charge < -0.3 is 59.1 Å². The van der Waals surface area contributed by atoms with Crippen LogP contribution in [-0.4, -0.2) is 112 Å². The summed E-state index contributed by atoms with van der Waals surface area (Å²) in [4.78, 5) is 12.9. The van der Waals surface area contributed by atoms with Crippen molar-refractivity contribution in [2.24, 2.45) is 11.8 Å². The maximum Gasteiger partial charge on any atom is 0.338 e. The lowest BCUT2D eigenvalue weighted by atomic mass is 9.85. The minimum absolute atomic E-state index is 0.0973. The number of hydrogen-bond donors (Lipinski definition) is 6. The van der Waals surface area contributed by atoms with E-state index in [-0.39, 0.29) is 17.1 Å². The first-order valence-corrected chi connectivity index (χ1v) is 11.4. The normalized spacial score (nSPS) is 42.7. The molecule has 198 valence electrons. The number of carbonyl (C=O) groups excluding carboxylic acids is 1. The Labute approximate surface area is 205 Å². The number of rotatable bonds is 7. The van der Waals surface area contributed by atoms with Crippen LogP contribution < -0.4 is 4.74 Å². The predicted molar refractivity (Wildman–Crippen MR) is 114 cm³/mol. The highest BCUT2D eigenvalue weighted by Crippen LogP contribution is 2.60. The molecular weight excluding hydrogens is 484 g/mol. The van der Waals surface area contributed by atoms with Crippen molar-refractivity contribution in [1.82, 2.24) is 0 Å². The molecule has 6 N–H and O–H groups in total. The molecule has 4 aliphatic rings. The van der Waals surface area contributed by atoms with Crippen molar-refractivity contribution in [3.8, 4) is 11.5 Å². The molecule has 0 amide bonds. The van der Waals surface area contributed by atoms with Crippen molar-refractivity contribution >= 4 is 5.97 Å². The van der Waals surface area contributed by atoms with E-state index < -0.39 is 85.8 Å². The molecule has 1 aromatic carbocycles. The van der Waals surface area contributed by atoms with Crippen molar-refractivity contribution in [3.05, 3.63) is 36.1 Å². The molecule has 13 heteroatoms. The monoisotopic (exact) mass is 512 g/mol. The van der Waals surface area contributed by atoms with Crippen molar-refractivity contribution in [2.75, 3.05) is 20.3 Å². The summed E-state index contributed by atoms with van der Waals surface area (Å²) in [6, 6.07) is 4.02. The minimum atomic E-state index is -1.66. The zero-order valence-electron chi connectivity index (χ0n) is 19.1. The summed E-state index contributed by atoms with van der Waals surface area (Å²) in [6.45, 7) is -1.07. The molecule has 1 aromatic rings. The van der Waals surface area contributed by atoms with E-state index in [1.165, 1.54) is 31.6 Å². The van der Waals surface area contributed by atoms with E-state index in [0.29, 0.717) is 0 Å². The van der Waals surface area contributed by atoms with Gasteiger partial charge in [0, 0.05) is 5.92 Å². The Morgan fingerprint density at radius 1 is 1.11 bits per heavy atom. The summed E-state index contributed by atoms with van der Waals surface area (Å²) in [5.41, 5.74) is -1.03. The average molecular weight is 512 g/mol. The number of hydrogen-bond acceptors (Lipinski definition) is 13. The van der Waals surface area contributed by atoms with Crippen molar-refractivity contribution in [2.45, 2.75) is 54.8 Å². The number of benzene rings is 1. The van der Waals surface area contributed by atoms with Gasteiger partial charge in [0.2, 0.25) is 6.29 Å². The number of esters is 1. The van der Waals surface area contributed by atoms with Crippen LogP contribution in [0.15, 0.2) is 30.5 Å². The maximum atomic E-state index is 12.9. The summed E-state index contributed by atoms with van der Waals surface area (Å²) in [6.07, 6.45) is -7.19. The van der Waals surface area contributed by atoms with Crippen LogP contribution in [0.2, 0.25) is 0 Å². The molecule has 36 heavy (non-hydrogen) atoms. The quantitative estimate of drug-likeness (QED) is 0.173. The zero-order valence-corrected chi connectivity index (χ0v) is 19.1. The Kier molecular flexibility index (Phi) is 6.59. The van der Waals surface area contributed by atoms with Gasteiger partial charge in [-0.2, -0.15) is 0 Å². The van der Waals surface area contributed by atoms with Gasteiger partial charge >= 0.3 is 5.97 Å². The summed E-state index contributed by atoms with van der Waals surface area (Å²) < 4.78 is 33.4. The zero-order chi connectivity index (χ0) is 25.8. The number of epoxide rings is 1. The van der Waals surface area contributed by atoms with Gasteiger partial charge in [0.1, 0.15) is 42.2 Å². The third-order valence-corrected chi connectivity index (χ3v) is 7.26. The number of ether oxygens (including phenoxy) is 6. The molecule has 0 spiro atoms. The number of phenolic OH excluding ortho intramolecular Hbond substituents is 1. The van der Waals surface area contributed by atoms with Crippen molar-refractivity contribution in [3.63, 3.8) is 0 Å². The van der Waals surface area contributed by atoms with E-state index >= 15 is 0 Å². The molecule has 0 radical (unpaired) electrons. The third kappa shape index (κ3) is 3.92. The minimum Gasteiger partial charge on any atom is -0.504 e. The lowest BCUT2D eigenvalue weighted by molar-refractivity contribution is -0.344. The van der Waals surface area contributed by atoms with Crippen molar-refractivity contribution in [1.29, 1.82) is 0 Å². The van der Waals surface area contributed by atoms with Crippen LogP contribution >= 0.6 is 0 Å². The summed E-state index contributed by atoms with van der Waals surface area (Å²) in [5, 5.41) is 59.8.